The van der Waals surface area contributed by atoms with Crippen LogP contribution in [-0.2, 0) is 12.6 Å². The zero-order valence-electron chi connectivity index (χ0n) is 8.73. The van der Waals surface area contributed by atoms with Gasteiger partial charge in [0.25, 0.3) is 0 Å². The Morgan fingerprint density at radius 3 is 2.26 bits per heavy atom. The van der Waals surface area contributed by atoms with E-state index >= 15 is 0 Å². The van der Waals surface area contributed by atoms with Crippen LogP contribution in [0.4, 0.5) is 26.3 Å². The highest BCUT2D eigenvalue weighted by Crippen LogP contribution is 2.36. The summed E-state index contributed by atoms with van der Waals surface area (Å²) in [6.45, 7) is 0. The van der Waals surface area contributed by atoms with Crippen LogP contribution in [0, 0.1) is 15.0 Å². The van der Waals surface area contributed by atoms with E-state index in [2.05, 4.69) is 9.72 Å². The molecule has 0 aliphatic heterocycles. The highest BCUT2D eigenvalue weighted by molar-refractivity contribution is 14.1. The van der Waals surface area contributed by atoms with Gasteiger partial charge in [0, 0.05) is 5.56 Å². The van der Waals surface area contributed by atoms with E-state index in [0.29, 0.717) is 6.07 Å². The second-order valence-electron chi connectivity index (χ2n) is 3.17. The summed E-state index contributed by atoms with van der Waals surface area (Å²) in [7, 11) is 0. The molecule has 0 bridgehead atoms. The van der Waals surface area contributed by atoms with E-state index in [-0.39, 0.29) is 0 Å². The van der Waals surface area contributed by atoms with Gasteiger partial charge in [0.1, 0.15) is 3.70 Å². The molecule has 0 amide bonds. The molecule has 0 unspecified atom stereocenters. The van der Waals surface area contributed by atoms with Crippen molar-refractivity contribution in [3.05, 3.63) is 20.9 Å². The second kappa shape index (κ2) is 5.40. The number of ether oxygens (including phenoxy) is 1. The van der Waals surface area contributed by atoms with E-state index in [4.69, 9.17) is 5.26 Å². The van der Waals surface area contributed by atoms with Gasteiger partial charge in [-0.1, -0.05) is 0 Å². The SMILES string of the molecule is N#CCc1cc(C(F)(F)F)c(I)nc1OC(F)(F)F. The number of alkyl halides is 6. The minimum atomic E-state index is -5.10. The van der Waals surface area contributed by atoms with E-state index in [1.165, 1.54) is 6.07 Å². The minimum absolute atomic E-state index is 0.430. The lowest BCUT2D eigenvalue weighted by Gasteiger charge is -2.14. The highest BCUT2D eigenvalue weighted by Gasteiger charge is 2.37. The second-order valence-corrected chi connectivity index (χ2v) is 4.19. The number of aromatic nitrogens is 1. The van der Waals surface area contributed by atoms with Crippen molar-refractivity contribution in [2.24, 2.45) is 0 Å². The zero-order chi connectivity index (χ0) is 14.8. The Balaban J connectivity index is 3.34. The fourth-order valence-electron chi connectivity index (χ4n) is 1.13. The smallest absolute Gasteiger partial charge is 0.388 e. The summed E-state index contributed by atoms with van der Waals surface area (Å²) in [5.74, 6) is -1.05. The quantitative estimate of drug-likeness (QED) is 0.436. The van der Waals surface area contributed by atoms with Gasteiger partial charge in [-0.3, -0.25) is 0 Å². The molecule has 10 heteroatoms. The summed E-state index contributed by atoms with van der Waals surface area (Å²) in [4.78, 5) is 3.12. The lowest BCUT2D eigenvalue weighted by atomic mass is 10.1. The first-order chi connectivity index (χ1) is 8.54. The number of rotatable bonds is 2. The first-order valence-corrected chi connectivity index (χ1v) is 5.52. The lowest BCUT2D eigenvalue weighted by Crippen LogP contribution is -2.20. The Bertz CT molecular complexity index is 519. The molecule has 0 saturated carbocycles. The molecule has 1 aromatic rings. The third-order valence-electron chi connectivity index (χ3n) is 1.80. The third kappa shape index (κ3) is 4.41. The minimum Gasteiger partial charge on any atom is -0.388 e. The van der Waals surface area contributed by atoms with Gasteiger partial charge in [0.15, 0.2) is 0 Å². The van der Waals surface area contributed by atoms with E-state index in [0.717, 1.165) is 22.6 Å². The van der Waals surface area contributed by atoms with Gasteiger partial charge in [-0.05, 0) is 28.7 Å². The maximum atomic E-state index is 12.5. The molecule has 1 rings (SSSR count). The van der Waals surface area contributed by atoms with Gasteiger partial charge in [-0.2, -0.15) is 18.4 Å². The topological polar surface area (TPSA) is 45.9 Å². The average molecular weight is 396 g/mol. The first kappa shape index (κ1) is 15.8. The molecular weight excluding hydrogens is 393 g/mol. The Hall–Kier alpha value is -1.25. The number of halogens is 7. The Kier molecular flexibility index (Phi) is 4.49. The maximum absolute atomic E-state index is 12.5. The molecule has 0 fully saturated rings. The molecule has 0 aromatic carbocycles. The van der Waals surface area contributed by atoms with Crippen molar-refractivity contribution >= 4 is 22.6 Å². The molecule has 1 heterocycles. The molecule has 104 valence electrons. The van der Waals surface area contributed by atoms with Crippen LogP contribution in [0.1, 0.15) is 11.1 Å². The molecule has 0 aliphatic rings. The van der Waals surface area contributed by atoms with Crippen LogP contribution >= 0.6 is 22.6 Å². The van der Waals surface area contributed by atoms with Crippen LogP contribution < -0.4 is 4.74 Å². The number of nitrogens with zero attached hydrogens (tertiary/aromatic N) is 2. The van der Waals surface area contributed by atoms with Crippen LogP contribution in [-0.4, -0.2) is 11.3 Å². The predicted octanol–water partition coefficient (Wildman–Crippen LogP) is 3.67. The largest absolute Gasteiger partial charge is 0.574 e. The number of nitriles is 1. The molecule has 0 N–H and O–H groups in total. The molecule has 1 aromatic heterocycles. The number of hydrogen-bond donors (Lipinski definition) is 0. The van der Waals surface area contributed by atoms with Crippen molar-refractivity contribution < 1.29 is 31.1 Å². The Morgan fingerprint density at radius 1 is 1.26 bits per heavy atom. The summed E-state index contributed by atoms with van der Waals surface area (Å²) in [5.41, 5.74) is -1.79. The lowest BCUT2D eigenvalue weighted by molar-refractivity contribution is -0.276. The molecule has 0 atom stereocenters. The summed E-state index contributed by atoms with van der Waals surface area (Å²) >= 11 is 1.15. The highest BCUT2D eigenvalue weighted by atomic mass is 127. The Labute approximate surface area is 116 Å². The molecule has 19 heavy (non-hydrogen) atoms. The maximum Gasteiger partial charge on any atom is 0.574 e. The van der Waals surface area contributed by atoms with Crippen LogP contribution in [0.15, 0.2) is 6.07 Å². The van der Waals surface area contributed by atoms with Crippen molar-refractivity contribution in [3.63, 3.8) is 0 Å². The van der Waals surface area contributed by atoms with Gasteiger partial charge >= 0.3 is 12.5 Å². The monoisotopic (exact) mass is 396 g/mol. The van der Waals surface area contributed by atoms with Gasteiger partial charge in [-0.15, -0.1) is 13.2 Å². The van der Waals surface area contributed by atoms with Crippen molar-refractivity contribution in [1.29, 1.82) is 5.26 Å². The summed E-state index contributed by atoms with van der Waals surface area (Å²) in [6.07, 6.45) is -10.6. The summed E-state index contributed by atoms with van der Waals surface area (Å²) in [5, 5.41) is 8.41. The summed E-state index contributed by atoms with van der Waals surface area (Å²) in [6, 6.07) is 1.88. The zero-order valence-corrected chi connectivity index (χ0v) is 10.9. The normalized spacial score (nSPS) is 12.1. The van der Waals surface area contributed by atoms with Crippen LogP contribution in [0.25, 0.3) is 0 Å². The van der Waals surface area contributed by atoms with Crippen LogP contribution in [0.3, 0.4) is 0 Å². The average Bonchev–Trinajstić information content (AvgIpc) is 2.17. The molecule has 0 radical (unpaired) electrons. The van der Waals surface area contributed by atoms with E-state index in [1.807, 2.05) is 0 Å². The van der Waals surface area contributed by atoms with E-state index < -0.39 is 39.7 Å². The van der Waals surface area contributed by atoms with Gasteiger partial charge < -0.3 is 4.74 Å². The van der Waals surface area contributed by atoms with Gasteiger partial charge in [0.2, 0.25) is 5.88 Å². The molecular formula is C9H3F6IN2O. The first-order valence-electron chi connectivity index (χ1n) is 4.44. The fraction of sp³-hybridized carbons (Fsp3) is 0.333. The molecule has 0 aliphatic carbocycles. The Morgan fingerprint density at radius 2 is 1.84 bits per heavy atom. The summed E-state index contributed by atoms with van der Waals surface area (Å²) < 4.78 is 76.6. The third-order valence-corrected chi connectivity index (χ3v) is 2.62. The van der Waals surface area contributed by atoms with Gasteiger partial charge in [-0.25, -0.2) is 4.98 Å². The standard InChI is InChI=1S/C9H3F6IN2O/c10-8(11,12)5-3-4(1-2-17)7(18-6(5)16)19-9(13,14)15/h3H,1H2. The van der Waals surface area contributed by atoms with Crippen LogP contribution in [0.5, 0.6) is 5.88 Å². The fourth-order valence-corrected chi connectivity index (χ4v) is 1.81. The van der Waals surface area contributed by atoms with Crippen molar-refractivity contribution in [3.8, 4) is 11.9 Å². The van der Waals surface area contributed by atoms with E-state index in [9.17, 15) is 26.3 Å². The molecule has 0 spiro atoms. The van der Waals surface area contributed by atoms with Crippen molar-refractivity contribution in [1.82, 2.24) is 4.98 Å². The van der Waals surface area contributed by atoms with Crippen LogP contribution in [0.2, 0.25) is 0 Å². The molecule has 0 saturated heterocycles. The number of pyridine rings is 1. The van der Waals surface area contributed by atoms with Crippen molar-refractivity contribution in [2.75, 3.05) is 0 Å². The molecule has 3 nitrogen and oxygen atoms in total. The number of hydrogen-bond acceptors (Lipinski definition) is 3. The van der Waals surface area contributed by atoms with Crippen molar-refractivity contribution in [2.45, 2.75) is 19.0 Å². The predicted molar refractivity (Wildman–Crippen MR) is 58.0 cm³/mol. The van der Waals surface area contributed by atoms with Gasteiger partial charge in [0.05, 0.1) is 18.1 Å². The van der Waals surface area contributed by atoms with E-state index in [1.54, 1.807) is 0 Å².